The summed E-state index contributed by atoms with van der Waals surface area (Å²) in [5.74, 6) is -0.856. The molecule has 0 aromatic heterocycles. The van der Waals surface area contributed by atoms with Gasteiger partial charge in [-0.25, -0.2) is 9.59 Å². The van der Waals surface area contributed by atoms with Crippen LogP contribution in [-0.4, -0.2) is 26.4 Å². The highest BCUT2D eigenvalue weighted by Crippen LogP contribution is 2.22. The van der Waals surface area contributed by atoms with Crippen molar-refractivity contribution in [3.63, 3.8) is 0 Å². The topological polar surface area (TPSA) is 52.6 Å². The van der Waals surface area contributed by atoms with Crippen molar-refractivity contribution in [2.45, 2.75) is 57.8 Å². The highest BCUT2D eigenvalue weighted by Gasteiger charge is 2.26. The molecule has 1 aromatic rings. The molecule has 0 atom stereocenters. The van der Waals surface area contributed by atoms with Crippen molar-refractivity contribution in [3.05, 3.63) is 35.4 Å². The van der Waals surface area contributed by atoms with Crippen LogP contribution in [-0.2, 0) is 9.16 Å². The van der Waals surface area contributed by atoms with Crippen molar-refractivity contribution in [2.24, 2.45) is 0 Å². The lowest BCUT2D eigenvalue weighted by molar-refractivity contribution is 0.0207. The van der Waals surface area contributed by atoms with E-state index in [1.807, 2.05) is 19.6 Å². The van der Waals surface area contributed by atoms with Gasteiger partial charge >= 0.3 is 11.9 Å². The van der Waals surface area contributed by atoms with E-state index in [1.54, 1.807) is 24.3 Å². The first-order valence-electron chi connectivity index (χ1n) is 7.90. The molecular weight excluding hydrogens is 296 g/mol. The third-order valence-electron chi connectivity index (χ3n) is 3.59. The van der Waals surface area contributed by atoms with Crippen LogP contribution in [0, 0.1) is 0 Å². The van der Waals surface area contributed by atoms with Gasteiger partial charge in [-0.3, -0.25) is 0 Å². The number of carbonyl (C=O) groups is 2. The molecule has 1 aromatic carbocycles. The van der Waals surface area contributed by atoms with E-state index in [9.17, 15) is 9.59 Å². The minimum absolute atomic E-state index is 0.0256. The first-order valence-corrected chi connectivity index (χ1v) is 11.3. The van der Waals surface area contributed by atoms with E-state index in [0.29, 0.717) is 11.1 Å². The number of carbonyl (C=O) groups excluding carboxylic acids is 2. The second kappa shape index (κ2) is 7.09. The molecule has 0 unspecified atom stereocenters. The Morgan fingerprint density at radius 1 is 0.955 bits per heavy atom. The van der Waals surface area contributed by atoms with Crippen molar-refractivity contribution in [1.29, 1.82) is 0 Å². The van der Waals surface area contributed by atoms with Crippen LogP contribution in [0.3, 0.4) is 0 Å². The van der Waals surface area contributed by atoms with Gasteiger partial charge in [0.1, 0.15) is 6.10 Å². The van der Waals surface area contributed by atoms with Gasteiger partial charge in [0.25, 0.3) is 0 Å². The highest BCUT2D eigenvalue weighted by atomic mass is 28.4. The number of esters is 1. The summed E-state index contributed by atoms with van der Waals surface area (Å²) in [4.78, 5) is 24.7. The number of rotatable bonds is 4. The number of hydrogen-bond acceptors (Lipinski definition) is 4. The van der Waals surface area contributed by atoms with Crippen LogP contribution in [0.15, 0.2) is 24.3 Å². The molecule has 0 heterocycles. The Hall–Kier alpha value is -1.62. The van der Waals surface area contributed by atoms with E-state index in [1.165, 1.54) is 6.42 Å². The molecule has 1 saturated carbocycles. The Morgan fingerprint density at radius 2 is 1.50 bits per heavy atom. The zero-order valence-corrected chi connectivity index (χ0v) is 14.6. The molecule has 120 valence electrons. The highest BCUT2D eigenvalue weighted by molar-refractivity contribution is 6.71. The molecule has 0 N–H and O–H groups in total. The molecular formula is C17H24O4Si. The SMILES string of the molecule is C[Si](C)(C)OC(=O)c1ccccc1C(=O)OC1CCCCC1. The maximum Gasteiger partial charge on any atom is 0.339 e. The molecule has 1 aliphatic carbocycles. The number of hydrogen-bond donors (Lipinski definition) is 0. The third-order valence-corrected chi connectivity index (χ3v) is 4.39. The smallest absolute Gasteiger partial charge is 0.339 e. The predicted octanol–water partition coefficient (Wildman–Crippen LogP) is 4.17. The minimum Gasteiger partial charge on any atom is -0.516 e. The molecule has 5 heteroatoms. The van der Waals surface area contributed by atoms with Crippen molar-refractivity contribution >= 4 is 20.3 Å². The molecule has 22 heavy (non-hydrogen) atoms. The fraction of sp³-hybridized carbons (Fsp3) is 0.529. The van der Waals surface area contributed by atoms with Gasteiger partial charge in [0.2, 0.25) is 8.32 Å². The van der Waals surface area contributed by atoms with Gasteiger partial charge in [0.15, 0.2) is 0 Å². The Morgan fingerprint density at radius 3 is 2.05 bits per heavy atom. The molecule has 1 fully saturated rings. The Kier molecular flexibility index (Phi) is 5.40. The van der Waals surface area contributed by atoms with Crippen molar-refractivity contribution in [3.8, 4) is 0 Å². The Bertz CT molecular complexity index is 542. The Labute approximate surface area is 132 Å². The molecule has 0 spiro atoms. The maximum absolute atomic E-state index is 12.4. The number of benzene rings is 1. The zero-order valence-electron chi connectivity index (χ0n) is 13.6. The molecule has 2 rings (SSSR count). The Balaban J connectivity index is 2.13. The lowest BCUT2D eigenvalue weighted by atomic mass is 9.97. The van der Waals surface area contributed by atoms with Crippen molar-refractivity contribution in [1.82, 2.24) is 0 Å². The second-order valence-electron chi connectivity index (χ2n) is 6.71. The summed E-state index contributed by atoms with van der Waals surface area (Å²) in [7, 11) is -2.00. The fourth-order valence-corrected chi connectivity index (χ4v) is 3.24. The minimum atomic E-state index is -2.00. The molecule has 0 saturated heterocycles. The lowest BCUT2D eigenvalue weighted by Gasteiger charge is -2.23. The van der Waals surface area contributed by atoms with Gasteiger partial charge in [-0.15, -0.1) is 0 Å². The quantitative estimate of drug-likeness (QED) is 0.617. The normalized spacial score (nSPS) is 16.1. The summed E-state index contributed by atoms with van der Waals surface area (Å²) < 4.78 is 11.1. The third kappa shape index (κ3) is 4.70. The average molecular weight is 320 g/mol. The van der Waals surface area contributed by atoms with Crippen LogP contribution in [0.25, 0.3) is 0 Å². The van der Waals surface area contributed by atoms with Gasteiger partial charge in [-0.05, 0) is 57.5 Å². The van der Waals surface area contributed by atoms with E-state index in [0.717, 1.165) is 25.7 Å². The van der Waals surface area contributed by atoms with E-state index in [-0.39, 0.29) is 6.10 Å². The average Bonchev–Trinajstić information content (AvgIpc) is 2.46. The van der Waals surface area contributed by atoms with E-state index in [2.05, 4.69) is 0 Å². The van der Waals surface area contributed by atoms with Crippen LogP contribution in [0.2, 0.25) is 19.6 Å². The van der Waals surface area contributed by atoms with E-state index < -0.39 is 20.3 Å². The maximum atomic E-state index is 12.4. The van der Waals surface area contributed by atoms with Gasteiger partial charge in [-0.1, -0.05) is 18.6 Å². The van der Waals surface area contributed by atoms with Gasteiger partial charge in [-0.2, -0.15) is 0 Å². The van der Waals surface area contributed by atoms with Crippen LogP contribution in [0.4, 0.5) is 0 Å². The van der Waals surface area contributed by atoms with Crippen LogP contribution in [0.5, 0.6) is 0 Å². The molecule has 0 aliphatic heterocycles. The summed E-state index contributed by atoms with van der Waals surface area (Å²) >= 11 is 0. The molecule has 0 radical (unpaired) electrons. The summed E-state index contributed by atoms with van der Waals surface area (Å²) in [6.45, 7) is 5.82. The van der Waals surface area contributed by atoms with E-state index >= 15 is 0 Å². The van der Waals surface area contributed by atoms with Crippen LogP contribution < -0.4 is 0 Å². The molecule has 0 amide bonds. The van der Waals surface area contributed by atoms with Gasteiger partial charge < -0.3 is 9.16 Å². The lowest BCUT2D eigenvalue weighted by Crippen LogP contribution is -2.30. The van der Waals surface area contributed by atoms with Gasteiger partial charge in [0, 0.05) is 0 Å². The standard InChI is InChI=1S/C17H24O4Si/c1-22(2,3)21-17(19)15-12-8-7-11-14(15)16(18)20-13-9-5-4-6-10-13/h7-8,11-13H,4-6,9-10H2,1-3H3. The fourth-order valence-electron chi connectivity index (χ4n) is 2.57. The first kappa shape index (κ1) is 16.7. The summed E-state index contributed by atoms with van der Waals surface area (Å²) in [5, 5.41) is 0. The summed E-state index contributed by atoms with van der Waals surface area (Å²) in [5.41, 5.74) is 0.599. The van der Waals surface area contributed by atoms with Crippen LogP contribution in [0.1, 0.15) is 52.8 Å². The summed E-state index contributed by atoms with van der Waals surface area (Å²) in [6, 6.07) is 6.73. The zero-order chi connectivity index (χ0) is 16.2. The second-order valence-corrected chi connectivity index (χ2v) is 11.1. The van der Waals surface area contributed by atoms with Gasteiger partial charge in [0.05, 0.1) is 11.1 Å². The van der Waals surface area contributed by atoms with E-state index in [4.69, 9.17) is 9.16 Å². The van der Waals surface area contributed by atoms with Crippen molar-refractivity contribution in [2.75, 3.05) is 0 Å². The molecule has 1 aliphatic rings. The molecule has 0 bridgehead atoms. The predicted molar refractivity (Wildman–Crippen MR) is 87.5 cm³/mol. The first-order chi connectivity index (χ1) is 10.4. The summed E-state index contributed by atoms with van der Waals surface area (Å²) in [6.07, 6.45) is 5.18. The molecule has 4 nitrogen and oxygen atoms in total. The monoisotopic (exact) mass is 320 g/mol. The van der Waals surface area contributed by atoms with Crippen molar-refractivity contribution < 1.29 is 18.8 Å². The number of ether oxygens (including phenoxy) is 1. The van der Waals surface area contributed by atoms with Crippen LogP contribution >= 0.6 is 0 Å². The largest absolute Gasteiger partial charge is 0.516 e.